The Morgan fingerprint density at radius 3 is 0.896 bits per heavy atom. The topological polar surface area (TPSA) is 0 Å². The van der Waals surface area contributed by atoms with Gasteiger partial charge in [0.15, 0.2) is 52.4 Å². The van der Waals surface area contributed by atoms with Crippen LogP contribution in [-0.2, 0) is 0 Å². The SMILES string of the molecule is CC(C)(C)[P+]1(C(C)(C)C)CCCC1C[B-](c1c(F)c(F)c(F)c(F)c1F)(c1c(F)c(F)c(F)c(F)c1F)c1c(F)c(F)c(F)c(F)c1F. The predicted octanol–water partition coefficient (Wildman–Crippen LogP) is 9.02. The van der Waals surface area contributed by atoms with Crippen LogP contribution in [0.2, 0.25) is 6.32 Å². The fourth-order valence-electron chi connectivity index (χ4n) is 8.41. The smallest absolute Gasteiger partial charge is 0.200 e. The Bertz CT molecular complexity index is 1560. The molecule has 0 radical (unpaired) electrons. The summed E-state index contributed by atoms with van der Waals surface area (Å²) in [6.07, 6.45) is -6.87. The molecular weight excluding hydrogens is 699 g/mol. The number of rotatable bonds is 5. The van der Waals surface area contributed by atoms with Crippen molar-refractivity contribution in [2.45, 2.75) is 76.7 Å². The zero-order valence-corrected chi connectivity index (χ0v) is 27.0. The summed E-state index contributed by atoms with van der Waals surface area (Å²) in [6.45, 7) is 9.97. The maximum atomic E-state index is 16.0. The van der Waals surface area contributed by atoms with Gasteiger partial charge in [0, 0.05) is 12.9 Å². The van der Waals surface area contributed by atoms with Crippen LogP contribution in [0.5, 0.6) is 0 Å². The van der Waals surface area contributed by atoms with Crippen molar-refractivity contribution in [3.8, 4) is 0 Å². The van der Waals surface area contributed by atoms with Crippen molar-refractivity contribution in [2.75, 3.05) is 6.16 Å². The first-order chi connectivity index (χ1) is 21.8. The Labute approximate surface area is 266 Å². The third-order valence-electron chi connectivity index (χ3n) is 9.90. The standard InChI is InChI=1S/C31H27BF15P/c1-30(2,3)48(31(4,5)6)9-7-8-11(48)10-32(12-15(33)21(39)27(45)22(40)16(12)34,13-17(35)23(41)28(46)24(42)18(13)36)14-19(37)25(43)29(47)26(44)20(14)38/h11H,7-10H2,1-6H3. The highest BCUT2D eigenvalue weighted by atomic mass is 31.2. The van der Waals surface area contributed by atoms with Crippen LogP contribution < -0.4 is 16.4 Å². The molecule has 0 aromatic heterocycles. The van der Waals surface area contributed by atoms with Crippen molar-refractivity contribution in [2.24, 2.45) is 0 Å². The molecule has 0 saturated carbocycles. The van der Waals surface area contributed by atoms with E-state index in [-0.39, 0.29) is 19.0 Å². The molecule has 48 heavy (non-hydrogen) atoms. The van der Waals surface area contributed by atoms with Crippen LogP contribution in [-0.4, -0.2) is 28.3 Å². The van der Waals surface area contributed by atoms with E-state index in [4.69, 9.17) is 0 Å². The molecular formula is C31H27BF15P. The van der Waals surface area contributed by atoms with Crippen molar-refractivity contribution < 1.29 is 65.9 Å². The molecule has 1 aliphatic rings. The predicted molar refractivity (Wildman–Crippen MR) is 152 cm³/mol. The van der Waals surface area contributed by atoms with Gasteiger partial charge in [0.1, 0.15) is 41.0 Å². The van der Waals surface area contributed by atoms with Gasteiger partial charge in [-0.05, 0) is 54.4 Å². The fourth-order valence-corrected chi connectivity index (χ4v) is 16.3. The molecule has 1 unspecified atom stereocenters. The van der Waals surface area contributed by atoms with E-state index < -0.39 is 139 Å². The molecule has 0 nitrogen and oxygen atoms in total. The van der Waals surface area contributed by atoms with Crippen molar-refractivity contribution in [3.63, 3.8) is 0 Å². The van der Waals surface area contributed by atoms with E-state index in [2.05, 4.69) is 0 Å². The highest BCUT2D eigenvalue weighted by Crippen LogP contribution is 2.83. The van der Waals surface area contributed by atoms with Crippen LogP contribution in [0.4, 0.5) is 65.9 Å². The largest absolute Gasteiger partial charge is 0.207 e. The summed E-state index contributed by atoms with van der Waals surface area (Å²) in [4.78, 5) is 0. The Morgan fingerprint density at radius 2 is 0.667 bits per heavy atom. The summed E-state index contributed by atoms with van der Waals surface area (Å²) >= 11 is 0. The molecule has 1 fully saturated rings. The van der Waals surface area contributed by atoms with Crippen molar-refractivity contribution >= 4 is 29.8 Å². The van der Waals surface area contributed by atoms with E-state index in [1.807, 2.05) is 0 Å². The normalized spacial score (nSPS) is 17.1. The Morgan fingerprint density at radius 1 is 0.438 bits per heavy atom. The Kier molecular flexibility index (Phi) is 9.60. The van der Waals surface area contributed by atoms with Crippen LogP contribution >= 0.6 is 7.26 Å². The molecule has 0 aliphatic carbocycles. The second-order valence-electron chi connectivity index (χ2n) is 14.0. The molecule has 1 aliphatic heterocycles. The average Bonchev–Trinajstić information content (AvgIpc) is 3.44. The Hall–Kier alpha value is -2.90. The van der Waals surface area contributed by atoms with Gasteiger partial charge in [0.2, 0.25) is 0 Å². The van der Waals surface area contributed by atoms with Gasteiger partial charge in [0.05, 0.1) is 16.5 Å². The second kappa shape index (κ2) is 12.2. The first kappa shape index (κ1) is 37.9. The first-order valence-corrected chi connectivity index (χ1v) is 16.5. The molecule has 4 rings (SSSR count). The van der Waals surface area contributed by atoms with E-state index in [0.717, 1.165) is 0 Å². The maximum absolute atomic E-state index is 16.0. The van der Waals surface area contributed by atoms with Gasteiger partial charge in [-0.15, -0.1) is 22.7 Å². The molecule has 0 amide bonds. The van der Waals surface area contributed by atoms with Gasteiger partial charge < -0.3 is 0 Å². The third-order valence-corrected chi connectivity index (χ3v) is 17.4. The van der Waals surface area contributed by atoms with Crippen molar-refractivity contribution in [1.82, 2.24) is 0 Å². The minimum absolute atomic E-state index is 0.161. The number of hydrogen-bond donors (Lipinski definition) is 0. The molecule has 264 valence electrons. The lowest BCUT2D eigenvalue weighted by molar-refractivity contribution is 0.379. The summed E-state index contributed by atoms with van der Waals surface area (Å²) in [6, 6.07) is 0. The van der Waals surface area contributed by atoms with Gasteiger partial charge in [0.25, 0.3) is 0 Å². The highest BCUT2D eigenvalue weighted by molar-refractivity contribution is 7.79. The maximum Gasteiger partial charge on any atom is 0.200 e. The summed E-state index contributed by atoms with van der Waals surface area (Å²) in [5.41, 5.74) is -8.88. The van der Waals surface area contributed by atoms with Crippen molar-refractivity contribution in [3.05, 3.63) is 87.3 Å². The number of benzene rings is 3. The van der Waals surface area contributed by atoms with Crippen LogP contribution in [0.25, 0.3) is 0 Å². The first-order valence-electron chi connectivity index (χ1n) is 14.4. The molecule has 0 N–H and O–H groups in total. The van der Waals surface area contributed by atoms with Gasteiger partial charge in [-0.25, -0.2) is 65.9 Å². The quantitative estimate of drug-likeness (QED) is 0.0810. The number of halogens is 15. The minimum atomic E-state index is -5.57. The minimum Gasteiger partial charge on any atom is -0.207 e. The van der Waals surface area contributed by atoms with Crippen molar-refractivity contribution in [1.29, 1.82) is 0 Å². The third kappa shape index (κ3) is 5.04. The monoisotopic (exact) mass is 726 g/mol. The molecule has 0 spiro atoms. The lowest BCUT2D eigenvalue weighted by Crippen LogP contribution is -2.74. The molecule has 1 saturated heterocycles. The molecule has 0 bridgehead atoms. The van der Waals surface area contributed by atoms with E-state index in [1.54, 1.807) is 41.5 Å². The van der Waals surface area contributed by atoms with E-state index in [0.29, 0.717) is 0 Å². The van der Waals surface area contributed by atoms with Crippen LogP contribution in [0.1, 0.15) is 54.4 Å². The van der Waals surface area contributed by atoms with Gasteiger partial charge >= 0.3 is 0 Å². The second-order valence-corrected chi connectivity index (χ2v) is 19.6. The van der Waals surface area contributed by atoms with Gasteiger partial charge in [-0.2, -0.15) is 0 Å². The highest BCUT2D eigenvalue weighted by Gasteiger charge is 2.65. The lowest BCUT2D eigenvalue weighted by atomic mass is 9.13. The molecule has 3 aromatic carbocycles. The van der Waals surface area contributed by atoms with Crippen LogP contribution in [0.15, 0.2) is 0 Å². The summed E-state index contributed by atoms with van der Waals surface area (Å²) in [5, 5.41) is -1.78. The van der Waals surface area contributed by atoms with E-state index in [1.165, 1.54) is 0 Å². The zero-order valence-electron chi connectivity index (χ0n) is 26.1. The average molecular weight is 726 g/mol. The van der Waals surface area contributed by atoms with E-state index >= 15 is 26.3 Å². The zero-order chi connectivity index (χ0) is 36.8. The summed E-state index contributed by atoms with van der Waals surface area (Å²) in [5.74, 6) is -44.3. The van der Waals surface area contributed by atoms with Gasteiger partial charge in [-0.3, -0.25) is 0 Å². The molecule has 1 atom stereocenters. The summed E-state index contributed by atoms with van der Waals surface area (Å²) < 4.78 is 228. The molecule has 17 heteroatoms. The van der Waals surface area contributed by atoms with Crippen LogP contribution in [0, 0.1) is 87.3 Å². The molecule has 3 aromatic rings. The molecule has 1 heterocycles. The number of hydrogen-bond acceptors (Lipinski definition) is 0. The van der Waals surface area contributed by atoms with Crippen LogP contribution in [0.3, 0.4) is 0 Å². The summed E-state index contributed by atoms with van der Waals surface area (Å²) in [7, 11) is -2.98. The fraction of sp³-hybridized carbons (Fsp3) is 0.419. The van der Waals surface area contributed by atoms with E-state index in [9.17, 15) is 39.5 Å². The lowest BCUT2D eigenvalue weighted by Gasteiger charge is -2.53. The van der Waals surface area contributed by atoms with Gasteiger partial charge in [-0.1, -0.05) is 0 Å². The Balaban J connectivity index is 2.47.